The van der Waals surface area contributed by atoms with E-state index in [1.54, 1.807) is 0 Å². The molecule has 2 aliphatic rings. The Balaban J connectivity index is 1.08. The van der Waals surface area contributed by atoms with E-state index in [0.717, 1.165) is 74.6 Å². The first-order valence-corrected chi connectivity index (χ1v) is 12.6. The van der Waals surface area contributed by atoms with Gasteiger partial charge in [0, 0.05) is 56.6 Å². The van der Waals surface area contributed by atoms with Gasteiger partial charge in [0.1, 0.15) is 11.3 Å². The fraction of sp³-hybridized carbons (Fsp3) is 0.500. The number of benzene rings is 1. The summed E-state index contributed by atoms with van der Waals surface area (Å²) in [6, 6.07) is 9.99. The molecule has 1 amide bonds. The van der Waals surface area contributed by atoms with Crippen LogP contribution in [0.1, 0.15) is 56.7 Å². The molecule has 1 unspecified atom stereocenters. The van der Waals surface area contributed by atoms with Crippen LogP contribution in [0.2, 0.25) is 5.02 Å². The molecule has 0 bridgehead atoms. The second-order valence-electron chi connectivity index (χ2n) is 9.47. The number of nitrogens with zero attached hydrogens (tertiary/aromatic N) is 4. The number of H-pyrrole nitrogens is 1. The van der Waals surface area contributed by atoms with Gasteiger partial charge < -0.3 is 14.8 Å². The van der Waals surface area contributed by atoms with Crippen LogP contribution in [0.25, 0.3) is 11.0 Å². The Kier molecular flexibility index (Phi) is 6.81. The Hall–Kier alpha value is -2.60. The molecule has 33 heavy (non-hydrogen) atoms. The Bertz CT molecular complexity index is 1080. The molecule has 1 N–H and O–H groups in total. The monoisotopic (exact) mass is 465 g/mol. The van der Waals surface area contributed by atoms with E-state index in [0.29, 0.717) is 17.4 Å². The number of imidazole rings is 1. The molecular formula is C26H32ClN5O. The largest absolute Gasteiger partial charge is 0.371 e. The number of aromatic nitrogens is 3. The molecule has 3 aromatic rings. The summed E-state index contributed by atoms with van der Waals surface area (Å²) in [5.41, 5.74) is 3.06. The minimum atomic E-state index is 0.253. The van der Waals surface area contributed by atoms with Crippen LogP contribution in [-0.2, 0) is 4.79 Å². The average molecular weight is 466 g/mol. The number of nitrogens with one attached hydrogen (secondary N) is 1. The molecule has 2 fully saturated rings. The van der Waals surface area contributed by atoms with Crippen molar-refractivity contribution in [1.29, 1.82) is 0 Å². The highest BCUT2D eigenvalue weighted by Gasteiger charge is 2.27. The van der Waals surface area contributed by atoms with Gasteiger partial charge in [-0.15, -0.1) is 0 Å². The summed E-state index contributed by atoms with van der Waals surface area (Å²) < 4.78 is 0. The fourth-order valence-electron chi connectivity index (χ4n) is 5.37. The summed E-state index contributed by atoms with van der Waals surface area (Å²) >= 11 is 6.30. The van der Waals surface area contributed by atoms with Crippen LogP contribution < -0.4 is 4.90 Å². The van der Waals surface area contributed by atoms with E-state index in [-0.39, 0.29) is 5.92 Å². The van der Waals surface area contributed by atoms with Crippen molar-refractivity contribution >= 4 is 34.2 Å². The van der Waals surface area contributed by atoms with Gasteiger partial charge in [-0.3, -0.25) is 9.78 Å². The van der Waals surface area contributed by atoms with Crippen LogP contribution >= 0.6 is 11.6 Å². The number of para-hydroxylation sites is 1. The lowest BCUT2D eigenvalue weighted by Gasteiger charge is -2.34. The number of aromatic amines is 1. The molecule has 5 rings (SSSR count). The maximum atomic E-state index is 12.9. The van der Waals surface area contributed by atoms with Crippen molar-refractivity contribution in [3.63, 3.8) is 0 Å². The third kappa shape index (κ3) is 5.16. The van der Waals surface area contributed by atoms with Crippen molar-refractivity contribution in [3.05, 3.63) is 53.6 Å². The highest BCUT2D eigenvalue weighted by molar-refractivity contribution is 6.34. The number of hydrogen-bond acceptors (Lipinski definition) is 4. The number of likely N-dealkylation sites (tertiary alicyclic amines) is 1. The van der Waals surface area contributed by atoms with Crippen LogP contribution in [0.4, 0.5) is 5.69 Å². The van der Waals surface area contributed by atoms with Gasteiger partial charge in [-0.05, 0) is 68.7 Å². The zero-order valence-corrected chi connectivity index (χ0v) is 19.8. The smallest absolute Gasteiger partial charge is 0.222 e. The van der Waals surface area contributed by atoms with E-state index in [2.05, 4.69) is 31.9 Å². The Morgan fingerprint density at radius 2 is 1.91 bits per heavy atom. The molecule has 0 aliphatic carbocycles. The molecule has 1 atom stereocenters. The van der Waals surface area contributed by atoms with Gasteiger partial charge >= 0.3 is 0 Å². The lowest BCUT2D eigenvalue weighted by atomic mass is 9.91. The molecule has 4 heterocycles. The van der Waals surface area contributed by atoms with Crippen molar-refractivity contribution in [1.82, 2.24) is 19.9 Å². The number of carbonyl (C=O) groups is 1. The van der Waals surface area contributed by atoms with Crippen LogP contribution in [0, 0.1) is 5.92 Å². The van der Waals surface area contributed by atoms with Crippen LogP contribution in [0.5, 0.6) is 0 Å². The molecule has 0 saturated carbocycles. The quantitative estimate of drug-likeness (QED) is 0.529. The standard InChI is InChI=1S/C26H32ClN5O/c27-22-6-2-7-23-25(22)30-26(29-23)20-5-3-15-32(18-20)24(33)8-1-4-19-11-16-31(17-12-19)21-9-13-28-14-10-21/h2,6-7,9-10,13-14,19-20H,1,3-5,8,11-12,15-18H2,(H,29,30). The third-order valence-corrected chi connectivity index (χ3v) is 7.59. The van der Waals surface area contributed by atoms with Gasteiger partial charge in [-0.25, -0.2) is 4.98 Å². The van der Waals surface area contributed by atoms with Gasteiger partial charge in [-0.2, -0.15) is 0 Å². The Labute approximate surface area is 200 Å². The fourth-order valence-corrected chi connectivity index (χ4v) is 5.59. The molecule has 0 radical (unpaired) electrons. The van der Waals surface area contributed by atoms with E-state index >= 15 is 0 Å². The van der Waals surface area contributed by atoms with Gasteiger partial charge in [0.05, 0.1) is 10.5 Å². The Morgan fingerprint density at radius 3 is 2.70 bits per heavy atom. The van der Waals surface area contributed by atoms with E-state index < -0.39 is 0 Å². The van der Waals surface area contributed by atoms with Crippen LogP contribution in [0.3, 0.4) is 0 Å². The highest BCUT2D eigenvalue weighted by atomic mass is 35.5. The first-order chi connectivity index (χ1) is 16.2. The first-order valence-electron chi connectivity index (χ1n) is 12.2. The summed E-state index contributed by atoms with van der Waals surface area (Å²) in [4.78, 5) is 29.7. The average Bonchev–Trinajstić information content (AvgIpc) is 3.31. The van der Waals surface area contributed by atoms with Gasteiger partial charge in [0.2, 0.25) is 5.91 Å². The summed E-state index contributed by atoms with van der Waals surface area (Å²) in [5.74, 6) is 2.23. The maximum absolute atomic E-state index is 12.9. The molecule has 0 spiro atoms. The molecule has 1 aromatic carbocycles. The zero-order chi connectivity index (χ0) is 22.6. The molecular weight excluding hydrogens is 434 g/mol. The van der Waals surface area contributed by atoms with Crippen molar-refractivity contribution < 1.29 is 4.79 Å². The van der Waals surface area contributed by atoms with E-state index in [1.807, 2.05) is 30.6 Å². The number of hydrogen-bond donors (Lipinski definition) is 1. The van der Waals surface area contributed by atoms with Gasteiger partial charge in [0.25, 0.3) is 0 Å². The predicted octanol–water partition coefficient (Wildman–Crippen LogP) is 5.40. The summed E-state index contributed by atoms with van der Waals surface area (Å²) in [5, 5.41) is 0.672. The highest BCUT2D eigenvalue weighted by Crippen LogP contribution is 2.30. The van der Waals surface area contributed by atoms with Crippen molar-refractivity contribution in [2.24, 2.45) is 5.92 Å². The Morgan fingerprint density at radius 1 is 1.09 bits per heavy atom. The number of rotatable bonds is 6. The number of piperidine rings is 2. The number of anilines is 1. The molecule has 2 aromatic heterocycles. The van der Waals surface area contributed by atoms with Crippen LogP contribution in [0.15, 0.2) is 42.7 Å². The number of pyridine rings is 1. The number of carbonyl (C=O) groups excluding carboxylic acids is 1. The minimum absolute atomic E-state index is 0.253. The van der Waals surface area contributed by atoms with E-state index in [1.165, 1.54) is 18.5 Å². The number of amides is 1. The first kappa shape index (κ1) is 22.2. The van der Waals surface area contributed by atoms with Crippen molar-refractivity contribution in [2.45, 2.75) is 50.9 Å². The zero-order valence-electron chi connectivity index (χ0n) is 19.0. The number of fused-ring (bicyclic) bond motifs is 1. The van der Waals surface area contributed by atoms with Gasteiger partial charge in [0.15, 0.2) is 0 Å². The molecule has 6 nitrogen and oxygen atoms in total. The van der Waals surface area contributed by atoms with E-state index in [4.69, 9.17) is 16.6 Å². The molecule has 2 aliphatic heterocycles. The molecule has 174 valence electrons. The summed E-state index contributed by atoms with van der Waals surface area (Å²) in [6.45, 7) is 3.80. The summed E-state index contributed by atoms with van der Waals surface area (Å²) in [7, 11) is 0. The SMILES string of the molecule is O=C(CCCC1CCN(c2ccncc2)CC1)N1CCCC(c2nc3c(Cl)cccc3[nH]2)C1. The second-order valence-corrected chi connectivity index (χ2v) is 9.87. The topological polar surface area (TPSA) is 65.1 Å². The lowest BCUT2D eigenvalue weighted by molar-refractivity contribution is -0.132. The predicted molar refractivity (Wildman–Crippen MR) is 133 cm³/mol. The number of halogens is 1. The second kappa shape index (κ2) is 10.1. The normalized spacial score (nSPS) is 19.8. The molecule has 7 heteroatoms. The van der Waals surface area contributed by atoms with E-state index in [9.17, 15) is 4.79 Å². The summed E-state index contributed by atoms with van der Waals surface area (Å²) in [6.07, 6.45) is 11.0. The maximum Gasteiger partial charge on any atom is 0.222 e. The molecule has 2 saturated heterocycles. The van der Waals surface area contributed by atoms with Crippen LogP contribution in [-0.4, -0.2) is 51.9 Å². The minimum Gasteiger partial charge on any atom is -0.371 e. The van der Waals surface area contributed by atoms with Crippen molar-refractivity contribution in [2.75, 3.05) is 31.1 Å². The third-order valence-electron chi connectivity index (χ3n) is 7.29. The lowest BCUT2D eigenvalue weighted by Crippen LogP contribution is -2.39. The van der Waals surface area contributed by atoms with Gasteiger partial charge in [-0.1, -0.05) is 17.7 Å². The van der Waals surface area contributed by atoms with Crippen molar-refractivity contribution in [3.8, 4) is 0 Å².